The molecule has 1 aliphatic heterocycles. The fraction of sp³-hybridized carbons (Fsp3) is 0.458. The number of hydrogen-bond donors (Lipinski definition) is 1. The quantitative estimate of drug-likeness (QED) is 0.834. The summed E-state index contributed by atoms with van der Waals surface area (Å²) in [5.41, 5.74) is 3.78. The molecule has 2 aromatic rings. The van der Waals surface area contributed by atoms with Crippen LogP contribution < -0.4 is 4.90 Å². The molecule has 0 radical (unpaired) electrons. The van der Waals surface area contributed by atoms with Crippen molar-refractivity contribution in [2.45, 2.75) is 38.6 Å². The molecule has 148 valence electrons. The van der Waals surface area contributed by atoms with Crippen LogP contribution in [0.25, 0.3) is 11.1 Å². The number of anilines is 1. The molecule has 0 bridgehead atoms. The van der Waals surface area contributed by atoms with Gasteiger partial charge in [0.2, 0.25) is 0 Å². The zero-order valence-electron chi connectivity index (χ0n) is 16.7. The van der Waals surface area contributed by atoms with Crippen LogP contribution in [-0.4, -0.2) is 48.2 Å². The van der Waals surface area contributed by atoms with Crippen molar-refractivity contribution >= 4 is 11.7 Å². The summed E-state index contributed by atoms with van der Waals surface area (Å²) in [4.78, 5) is 16.2. The maximum atomic E-state index is 11.0. The molecule has 1 aliphatic carbocycles. The standard InChI is InChI=1S/C24H30N2O2/c1-18-2-10-22(11-3-18)25-14-16-26(17-15-25)23-12-8-20(9-13-23)19-4-6-21(7-5-19)24(27)28/h4-9,12-13,18,22H,2-3,10-11,14-17H2,1H3,(H,27,28). The monoisotopic (exact) mass is 378 g/mol. The molecule has 2 aromatic carbocycles. The molecule has 4 nitrogen and oxygen atoms in total. The third kappa shape index (κ3) is 4.22. The lowest BCUT2D eigenvalue weighted by Crippen LogP contribution is -2.51. The Bertz CT molecular complexity index is 784. The highest BCUT2D eigenvalue weighted by molar-refractivity contribution is 5.88. The number of benzene rings is 2. The third-order valence-electron chi connectivity index (χ3n) is 6.51. The second kappa shape index (κ2) is 8.36. The highest BCUT2D eigenvalue weighted by Crippen LogP contribution is 2.29. The highest BCUT2D eigenvalue weighted by atomic mass is 16.4. The number of carboxylic acid groups (broad SMARTS) is 1. The first-order valence-corrected chi connectivity index (χ1v) is 10.5. The fourth-order valence-electron chi connectivity index (χ4n) is 4.62. The summed E-state index contributed by atoms with van der Waals surface area (Å²) in [5, 5.41) is 9.03. The Morgan fingerprint density at radius 1 is 0.821 bits per heavy atom. The largest absolute Gasteiger partial charge is 0.478 e. The second-order valence-electron chi connectivity index (χ2n) is 8.37. The molecule has 0 spiro atoms. The van der Waals surface area contributed by atoms with E-state index in [9.17, 15) is 4.79 Å². The van der Waals surface area contributed by atoms with Gasteiger partial charge in [0.15, 0.2) is 0 Å². The van der Waals surface area contributed by atoms with E-state index in [1.165, 1.54) is 31.4 Å². The van der Waals surface area contributed by atoms with Crippen molar-refractivity contribution in [2.24, 2.45) is 5.92 Å². The summed E-state index contributed by atoms with van der Waals surface area (Å²) in [6.45, 7) is 6.91. The number of nitrogens with zero attached hydrogens (tertiary/aromatic N) is 2. The zero-order chi connectivity index (χ0) is 19.5. The molecule has 2 aliphatic rings. The number of carboxylic acids is 1. The summed E-state index contributed by atoms with van der Waals surface area (Å²) in [6.07, 6.45) is 5.52. The fourth-order valence-corrected chi connectivity index (χ4v) is 4.62. The molecule has 28 heavy (non-hydrogen) atoms. The normalized spacial score (nSPS) is 23.5. The summed E-state index contributed by atoms with van der Waals surface area (Å²) in [7, 11) is 0. The van der Waals surface area contributed by atoms with Crippen LogP contribution in [-0.2, 0) is 0 Å². The van der Waals surface area contributed by atoms with Crippen LogP contribution in [0.1, 0.15) is 43.0 Å². The average molecular weight is 379 g/mol. The maximum Gasteiger partial charge on any atom is 0.335 e. The Hall–Kier alpha value is -2.33. The van der Waals surface area contributed by atoms with E-state index in [0.717, 1.165) is 49.3 Å². The molecule has 0 aromatic heterocycles. The lowest BCUT2D eigenvalue weighted by atomic mass is 9.86. The Labute approximate surface area is 167 Å². The van der Waals surface area contributed by atoms with Crippen molar-refractivity contribution in [1.82, 2.24) is 4.90 Å². The SMILES string of the molecule is CC1CCC(N2CCN(c3ccc(-c4ccc(C(=O)O)cc4)cc3)CC2)CC1. The molecule has 2 fully saturated rings. The van der Waals surface area contributed by atoms with Gasteiger partial charge < -0.3 is 10.0 Å². The van der Waals surface area contributed by atoms with E-state index in [1.807, 2.05) is 12.1 Å². The van der Waals surface area contributed by atoms with Crippen molar-refractivity contribution in [3.05, 3.63) is 54.1 Å². The van der Waals surface area contributed by atoms with E-state index in [4.69, 9.17) is 5.11 Å². The number of rotatable bonds is 4. The summed E-state index contributed by atoms with van der Waals surface area (Å²) in [6, 6.07) is 16.5. The van der Waals surface area contributed by atoms with Gasteiger partial charge in [-0.3, -0.25) is 4.90 Å². The Morgan fingerprint density at radius 3 is 1.89 bits per heavy atom. The van der Waals surface area contributed by atoms with Gasteiger partial charge in [0.25, 0.3) is 0 Å². The van der Waals surface area contributed by atoms with Crippen molar-refractivity contribution in [1.29, 1.82) is 0 Å². The van der Waals surface area contributed by atoms with Gasteiger partial charge in [-0.1, -0.05) is 31.2 Å². The lowest BCUT2D eigenvalue weighted by Gasteiger charge is -2.42. The predicted molar refractivity (Wildman–Crippen MR) is 114 cm³/mol. The van der Waals surface area contributed by atoms with E-state index in [-0.39, 0.29) is 0 Å². The zero-order valence-corrected chi connectivity index (χ0v) is 16.7. The Balaban J connectivity index is 1.35. The Kier molecular flexibility index (Phi) is 5.67. The molecular formula is C24H30N2O2. The third-order valence-corrected chi connectivity index (χ3v) is 6.51. The van der Waals surface area contributed by atoms with Gasteiger partial charge in [-0.15, -0.1) is 0 Å². The molecule has 4 rings (SSSR count). The van der Waals surface area contributed by atoms with Gasteiger partial charge in [0.1, 0.15) is 0 Å². The first kappa shape index (κ1) is 19.0. The number of piperazine rings is 1. The summed E-state index contributed by atoms with van der Waals surface area (Å²) >= 11 is 0. The van der Waals surface area contributed by atoms with E-state index >= 15 is 0 Å². The van der Waals surface area contributed by atoms with Gasteiger partial charge in [0, 0.05) is 37.9 Å². The first-order chi connectivity index (χ1) is 13.6. The van der Waals surface area contributed by atoms with E-state index < -0.39 is 5.97 Å². The molecule has 0 unspecified atom stereocenters. The minimum absolute atomic E-state index is 0.325. The maximum absolute atomic E-state index is 11.0. The number of aromatic carboxylic acids is 1. The van der Waals surface area contributed by atoms with E-state index in [2.05, 4.69) is 41.0 Å². The molecule has 1 N–H and O–H groups in total. The van der Waals surface area contributed by atoms with E-state index in [1.54, 1.807) is 12.1 Å². The average Bonchev–Trinajstić information content (AvgIpc) is 2.75. The smallest absolute Gasteiger partial charge is 0.335 e. The van der Waals surface area contributed by atoms with Gasteiger partial charge in [0.05, 0.1) is 5.56 Å². The van der Waals surface area contributed by atoms with Crippen LogP contribution in [0.2, 0.25) is 0 Å². The summed E-state index contributed by atoms with van der Waals surface area (Å²) < 4.78 is 0. The van der Waals surface area contributed by atoms with Gasteiger partial charge in [-0.2, -0.15) is 0 Å². The Morgan fingerprint density at radius 2 is 1.36 bits per heavy atom. The molecule has 1 heterocycles. The van der Waals surface area contributed by atoms with Gasteiger partial charge >= 0.3 is 5.97 Å². The van der Waals surface area contributed by atoms with Crippen molar-refractivity contribution in [3.8, 4) is 11.1 Å². The summed E-state index contributed by atoms with van der Waals surface area (Å²) in [5.74, 6) is 0.0279. The highest BCUT2D eigenvalue weighted by Gasteiger charge is 2.27. The molecule has 1 saturated heterocycles. The van der Waals surface area contributed by atoms with Crippen LogP contribution in [0, 0.1) is 5.92 Å². The van der Waals surface area contributed by atoms with Crippen LogP contribution >= 0.6 is 0 Å². The second-order valence-corrected chi connectivity index (χ2v) is 8.37. The van der Waals surface area contributed by atoms with Crippen molar-refractivity contribution in [2.75, 3.05) is 31.1 Å². The van der Waals surface area contributed by atoms with Gasteiger partial charge in [-0.05, 0) is 67.0 Å². The number of carbonyl (C=O) groups is 1. The van der Waals surface area contributed by atoms with Crippen LogP contribution in [0.4, 0.5) is 5.69 Å². The minimum atomic E-state index is -0.885. The van der Waals surface area contributed by atoms with Crippen LogP contribution in [0.15, 0.2) is 48.5 Å². The van der Waals surface area contributed by atoms with Crippen LogP contribution in [0.5, 0.6) is 0 Å². The topological polar surface area (TPSA) is 43.8 Å². The number of hydrogen-bond acceptors (Lipinski definition) is 3. The molecule has 0 amide bonds. The first-order valence-electron chi connectivity index (χ1n) is 10.5. The molecule has 1 saturated carbocycles. The van der Waals surface area contributed by atoms with Crippen LogP contribution in [0.3, 0.4) is 0 Å². The minimum Gasteiger partial charge on any atom is -0.478 e. The lowest BCUT2D eigenvalue weighted by molar-refractivity contribution is 0.0697. The molecular weight excluding hydrogens is 348 g/mol. The molecule has 4 heteroatoms. The van der Waals surface area contributed by atoms with E-state index in [0.29, 0.717) is 5.56 Å². The van der Waals surface area contributed by atoms with Gasteiger partial charge in [-0.25, -0.2) is 4.79 Å². The van der Waals surface area contributed by atoms with Crippen molar-refractivity contribution < 1.29 is 9.90 Å². The molecule has 0 atom stereocenters. The van der Waals surface area contributed by atoms with Crippen molar-refractivity contribution in [3.63, 3.8) is 0 Å². The predicted octanol–water partition coefficient (Wildman–Crippen LogP) is 4.75.